The Balaban J connectivity index is 2.20. The number of carbonyl (C=O) groups excluding carboxylic acids is 1. The Morgan fingerprint density at radius 3 is 3.23 bits per heavy atom. The predicted octanol–water partition coefficient (Wildman–Crippen LogP) is 1.01. The highest BCUT2D eigenvalue weighted by Gasteiger charge is 2.26. The Bertz CT molecular complexity index is 308. The van der Waals surface area contributed by atoms with Crippen LogP contribution in [-0.4, -0.2) is 27.8 Å². The van der Waals surface area contributed by atoms with Crippen molar-refractivity contribution in [3.05, 3.63) is 17.7 Å². The smallest absolute Gasteiger partial charge is 0.210 e. The van der Waals surface area contributed by atoms with Crippen molar-refractivity contribution in [2.24, 2.45) is 0 Å². The average molecular weight is 179 g/mol. The lowest BCUT2D eigenvalue weighted by atomic mass is 10.2. The lowest BCUT2D eigenvalue weighted by Crippen LogP contribution is -2.21. The maximum atomic E-state index is 10.7. The molecule has 0 spiro atoms. The van der Waals surface area contributed by atoms with E-state index in [4.69, 9.17) is 0 Å². The second-order valence-corrected chi connectivity index (χ2v) is 3.45. The molecular formula is C9H13N3O. The van der Waals surface area contributed by atoms with Crippen LogP contribution in [0.1, 0.15) is 30.4 Å². The standard InChI is InChI=1S/C9H13N3O/c1-7-5-10-9(11-7)8-3-2-4-12(8)6-13/h5-6,8H,2-4H2,1H3,(H,10,11). The van der Waals surface area contributed by atoms with E-state index in [-0.39, 0.29) is 6.04 Å². The molecule has 1 amide bonds. The molecule has 4 heteroatoms. The summed E-state index contributed by atoms with van der Waals surface area (Å²) < 4.78 is 0. The van der Waals surface area contributed by atoms with Gasteiger partial charge in [-0.3, -0.25) is 4.79 Å². The molecule has 1 aliphatic rings. The maximum absolute atomic E-state index is 10.7. The monoisotopic (exact) mass is 179 g/mol. The SMILES string of the molecule is Cc1cnc(C2CCCN2C=O)[nH]1. The Labute approximate surface area is 77.0 Å². The van der Waals surface area contributed by atoms with Gasteiger partial charge in [-0.05, 0) is 19.8 Å². The van der Waals surface area contributed by atoms with Gasteiger partial charge in [0.1, 0.15) is 5.82 Å². The van der Waals surface area contributed by atoms with Crippen LogP contribution < -0.4 is 0 Å². The molecule has 2 heterocycles. The summed E-state index contributed by atoms with van der Waals surface area (Å²) in [5, 5.41) is 0. The van der Waals surface area contributed by atoms with Crippen LogP contribution in [0, 0.1) is 6.92 Å². The highest BCUT2D eigenvalue weighted by Crippen LogP contribution is 2.28. The number of imidazole rings is 1. The fourth-order valence-corrected chi connectivity index (χ4v) is 1.81. The second kappa shape index (κ2) is 3.20. The summed E-state index contributed by atoms with van der Waals surface area (Å²) in [5.41, 5.74) is 1.05. The molecular weight excluding hydrogens is 166 g/mol. The largest absolute Gasteiger partial charge is 0.344 e. The third-order valence-corrected chi connectivity index (χ3v) is 2.47. The molecule has 4 nitrogen and oxygen atoms in total. The van der Waals surface area contributed by atoms with E-state index in [0.717, 1.165) is 37.3 Å². The number of aromatic nitrogens is 2. The molecule has 70 valence electrons. The zero-order valence-electron chi connectivity index (χ0n) is 7.66. The van der Waals surface area contributed by atoms with E-state index in [9.17, 15) is 4.79 Å². The van der Waals surface area contributed by atoms with Crippen LogP contribution in [0.2, 0.25) is 0 Å². The number of hydrogen-bond donors (Lipinski definition) is 1. The molecule has 0 radical (unpaired) electrons. The molecule has 1 aromatic heterocycles. The molecule has 1 unspecified atom stereocenters. The third-order valence-electron chi connectivity index (χ3n) is 2.47. The zero-order valence-corrected chi connectivity index (χ0v) is 7.66. The Morgan fingerprint density at radius 2 is 2.62 bits per heavy atom. The van der Waals surface area contributed by atoms with Crippen molar-refractivity contribution in [3.8, 4) is 0 Å². The van der Waals surface area contributed by atoms with Gasteiger partial charge in [0, 0.05) is 18.4 Å². The molecule has 1 aromatic rings. The van der Waals surface area contributed by atoms with Crippen LogP contribution in [0.5, 0.6) is 0 Å². The summed E-state index contributed by atoms with van der Waals surface area (Å²) in [6.45, 7) is 2.82. The Morgan fingerprint density at radius 1 is 1.77 bits per heavy atom. The first-order valence-corrected chi connectivity index (χ1v) is 4.54. The van der Waals surface area contributed by atoms with E-state index in [1.807, 2.05) is 6.92 Å². The topological polar surface area (TPSA) is 49.0 Å². The van der Waals surface area contributed by atoms with Crippen molar-refractivity contribution in [1.29, 1.82) is 0 Å². The number of aromatic amines is 1. The molecule has 0 aliphatic carbocycles. The maximum Gasteiger partial charge on any atom is 0.210 e. The van der Waals surface area contributed by atoms with Crippen LogP contribution in [0.25, 0.3) is 0 Å². The number of carbonyl (C=O) groups is 1. The molecule has 2 rings (SSSR count). The Hall–Kier alpha value is -1.32. The summed E-state index contributed by atoms with van der Waals surface area (Å²) in [6, 6.07) is 0.172. The van der Waals surface area contributed by atoms with Gasteiger partial charge in [0.15, 0.2) is 0 Å². The summed E-state index contributed by atoms with van der Waals surface area (Å²) in [4.78, 5) is 19.9. The molecule has 0 bridgehead atoms. The van der Waals surface area contributed by atoms with Crippen molar-refractivity contribution >= 4 is 6.41 Å². The molecule has 1 fully saturated rings. The number of rotatable bonds is 2. The van der Waals surface area contributed by atoms with Gasteiger partial charge in [-0.2, -0.15) is 0 Å². The minimum absolute atomic E-state index is 0.172. The number of nitrogens with zero attached hydrogens (tertiary/aromatic N) is 2. The highest BCUT2D eigenvalue weighted by atomic mass is 16.1. The van der Waals surface area contributed by atoms with Crippen molar-refractivity contribution in [2.75, 3.05) is 6.54 Å². The van der Waals surface area contributed by atoms with E-state index in [1.165, 1.54) is 0 Å². The summed E-state index contributed by atoms with van der Waals surface area (Å²) in [6.07, 6.45) is 4.81. The molecule has 0 saturated carbocycles. The van der Waals surface area contributed by atoms with Gasteiger partial charge in [-0.1, -0.05) is 0 Å². The first-order chi connectivity index (χ1) is 6.31. The van der Waals surface area contributed by atoms with Crippen LogP contribution in [0.15, 0.2) is 6.20 Å². The zero-order chi connectivity index (χ0) is 9.26. The van der Waals surface area contributed by atoms with E-state index in [1.54, 1.807) is 11.1 Å². The van der Waals surface area contributed by atoms with E-state index >= 15 is 0 Å². The van der Waals surface area contributed by atoms with Gasteiger partial charge < -0.3 is 9.88 Å². The van der Waals surface area contributed by atoms with Gasteiger partial charge in [0.2, 0.25) is 6.41 Å². The normalized spacial score (nSPS) is 22.2. The quantitative estimate of drug-likeness (QED) is 0.689. The first kappa shape index (κ1) is 8.29. The second-order valence-electron chi connectivity index (χ2n) is 3.45. The molecule has 1 aliphatic heterocycles. The fourth-order valence-electron chi connectivity index (χ4n) is 1.81. The minimum Gasteiger partial charge on any atom is -0.344 e. The van der Waals surface area contributed by atoms with Crippen molar-refractivity contribution < 1.29 is 4.79 Å². The first-order valence-electron chi connectivity index (χ1n) is 4.54. The summed E-state index contributed by atoms with van der Waals surface area (Å²) in [5.74, 6) is 0.919. The van der Waals surface area contributed by atoms with Gasteiger partial charge in [0.25, 0.3) is 0 Å². The number of hydrogen-bond acceptors (Lipinski definition) is 2. The summed E-state index contributed by atoms with van der Waals surface area (Å²) >= 11 is 0. The number of nitrogens with one attached hydrogen (secondary N) is 1. The van der Waals surface area contributed by atoms with Crippen LogP contribution in [0.4, 0.5) is 0 Å². The van der Waals surface area contributed by atoms with Gasteiger partial charge in [-0.15, -0.1) is 0 Å². The van der Waals surface area contributed by atoms with Crippen molar-refractivity contribution in [1.82, 2.24) is 14.9 Å². The van der Waals surface area contributed by atoms with Gasteiger partial charge in [0.05, 0.1) is 6.04 Å². The van der Waals surface area contributed by atoms with Gasteiger partial charge in [-0.25, -0.2) is 4.98 Å². The van der Waals surface area contributed by atoms with E-state index < -0.39 is 0 Å². The third kappa shape index (κ3) is 1.43. The lowest BCUT2D eigenvalue weighted by Gasteiger charge is -2.17. The molecule has 0 aromatic carbocycles. The molecule has 1 atom stereocenters. The van der Waals surface area contributed by atoms with Crippen LogP contribution in [-0.2, 0) is 4.79 Å². The van der Waals surface area contributed by atoms with Crippen LogP contribution in [0.3, 0.4) is 0 Å². The molecule has 1 N–H and O–H groups in total. The number of aryl methyl sites for hydroxylation is 1. The minimum atomic E-state index is 0.172. The van der Waals surface area contributed by atoms with E-state index in [0.29, 0.717) is 0 Å². The summed E-state index contributed by atoms with van der Waals surface area (Å²) in [7, 11) is 0. The van der Waals surface area contributed by atoms with E-state index in [2.05, 4.69) is 9.97 Å². The number of amides is 1. The molecule has 13 heavy (non-hydrogen) atoms. The fraction of sp³-hybridized carbons (Fsp3) is 0.556. The van der Waals surface area contributed by atoms with Crippen molar-refractivity contribution in [2.45, 2.75) is 25.8 Å². The highest BCUT2D eigenvalue weighted by molar-refractivity contribution is 5.48. The predicted molar refractivity (Wildman–Crippen MR) is 48.1 cm³/mol. The van der Waals surface area contributed by atoms with Gasteiger partial charge >= 0.3 is 0 Å². The molecule has 1 saturated heterocycles. The Kier molecular flexibility index (Phi) is 2.04. The number of H-pyrrole nitrogens is 1. The average Bonchev–Trinajstić information content (AvgIpc) is 2.71. The van der Waals surface area contributed by atoms with Crippen LogP contribution >= 0.6 is 0 Å². The van der Waals surface area contributed by atoms with Crippen molar-refractivity contribution in [3.63, 3.8) is 0 Å². The number of likely N-dealkylation sites (tertiary alicyclic amines) is 1. The lowest BCUT2D eigenvalue weighted by molar-refractivity contribution is -0.119.